The van der Waals surface area contributed by atoms with Gasteiger partial charge in [-0.1, -0.05) is 48.5 Å². The van der Waals surface area contributed by atoms with Gasteiger partial charge in [0.25, 0.3) is 0 Å². The third-order valence-corrected chi connectivity index (χ3v) is 3.85. The number of para-hydroxylation sites is 1. The second kappa shape index (κ2) is 9.96. The first-order chi connectivity index (χ1) is 13.0. The zero-order valence-corrected chi connectivity index (χ0v) is 15.5. The first-order valence-electron chi connectivity index (χ1n) is 8.59. The van der Waals surface area contributed by atoms with Crippen molar-refractivity contribution >= 4 is 23.5 Å². The van der Waals surface area contributed by atoms with E-state index >= 15 is 0 Å². The van der Waals surface area contributed by atoms with Gasteiger partial charge in [0.1, 0.15) is 0 Å². The van der Waals surface area contributed by atoms with Gasteiger partial charge >= 0.3 is 6.03 Å². The lowest BCUT2D eigenvalue weighted by atomic mass is 10.1. The van der Waals surface area contributed by atoms with Gasteiger partial charge in [-0.15, -0.1) is 0 Å². The summed E-state index contributed by atoms with van der Waals surface area (Å²) in [5.74, 6) is -0.497. The largest absolute Gasteiger partial charge is 0.376 e. The number of likely N-dealkylation sites (N-methyl/N-ethyl adjacent to an activating group) is 1. The van der Waals surface area contributed by atoms with Crippen LogP contribution in [0.1, 0.15) is 11.1 Å². The molecule has 2 aromatic rings. The van der Waals surface area contributed by atoms with E-state index in [4.69, 9.17) is 0 Å². The highest BCUT2D eigenvalue weighted by molar-refractivity contribution is 5.96. The molecule has 0 heterocycles. The molecule has 0 saturated carbocycles. The average Bonchev–Trinajstić information content (AvgIpc) is 2.66. The SMILES string of the molecule is CN(C)C(=O)Cc1ccccc1NCC(=O)NC(=O)NCc1ccccc1. The van der Waals surface area contributed by atoms with Crippen LogP contribution in [0, 0.1) is 0 Å². The third-order valence-electron chi connectivity index (χ3n) is 3.85. The predicted octanol–water partition coefficient (Wildman–Crippen LogP) is 1.76. The smallest absolute Gasteiger partial charge is 0.321 e. The summed E-state index contributed by atoms with van der Waals surface area (Å²) in [4.78, 5) is 37.2. The fourth-order valence-electron chi connectivity index (χ4n) is 2.34. The van der Waals surface area contributed by atoms with Crippen molar-refractivity contribution in [1.29, 1.82) is 0 Å². The minimum Gasteiger partial charge on any atom is -0.376 e. The summed E-state index contributed by atoms with van der Waals surface area (Å²) < 4.78 is 0. The summed E-state index contributed by atoms with van der Waals surface area (Å²) in [6, 6.07) is 16.1. The van der Waals surface area contributed by atoms with Crippen LogP contribution in [-0.4, -0.2) is 43.4 Å². The molecule has 2 aromatic carbocycles. The molecule has 0 atom stereocenters. The van der Waals surface area contributed by atoms with Crippen molar-refractivity contribution in [3.05, 3.63) is 65.7 Å². The Labute approximate surface area is 158 Å². The average molecular weight is 368 g/mol. The summed E-state index contributed by atoms with van der Waals surface area (Å²) in [5.41, 5.74) is 2.42. The summed E-state index contributed by atoms with van der Waals surface area (Å²) in [6.45, 7) is 0.259. The number of carbonyl (C=O) groups excluding carboxylic acids is 3. The molecule has 142 valence electrons. The Kier molecular flexibility index (Phi) is 7.37. The molecule has 0 aromatic heterocycles. The zero-order valence-electron chi connectivity index (χ0n) is 15.5. The molecule has 2 rings (SSSR count). The van der Waals surface area contributed by atoms with Crippen LogP contribution in [0.25, 0.3) is 0 Å². The van der Waals surface area contributed by atoms with Crippen LogP contribution >= 0.6 is 0 Å². The molecule has 0 fully saturated rings. The number of urea groups is 1. The number of benzene rings is 2. The highest BCUT2D eigenvalue weighted by Gasteiger charge is 2.11. The molecule has 0 saturated heterocycles. The molecule has 0 radical (unpaired) electrons. The first-order valence-corrected chi connectivity index (χ1v) is 8.59. The van der Waals surface area contributed by atoms with E-state index in [1.807, 2.05) is 48.5 Å². The number of nitrogens with one attached hydrogen (secondary N) is 3. The minimum atomic E-state index is -0.554. The monoisotopic (exact) mass is 368 g/mol. The quantitative estimate of drug-likeness (QED) is 0.695. The van der Waals surface area contributed by atoms with Crippen LogP contribution in [0.15, 0.2) is 54.6 Å². The van der Waals surface area contributed by atoms with Gasteiger partial charge in [-0.2, -0.15) is 0 Å². The van der Waals surface area contributed by atoms with Crippen molar-refractivity contribution in [1.82, 2.24) is 15.5 Å². The van der Waals surface area contributed by atoms with Gasteiger partial charge < -0.3 is 15.5 Å². The number of rotatable bonds is 7. The molecule has 0 spiro atoms. The van der Waals surface area contributed by atoms with Gasteiger partial charge in [-0.3, -0.25) is 14.9 Å². The number of hydrogen-bond acceptors (Lipinski definition) is 4. The molecule has 0 aliphatic rings. The van der Waals surface area contributed by atoms with Crippen molar-refractivity contribution in [2.45, 2.75) is 13.0 Å². The minimum absolute atomic E-state index is 0.0333. The number of hydrogen-bond donors (Lipinski definition) is 3. The van der Waals surface area contributed by atoms with Gasteiger partial charge in [-0.25, -0.2) is 4.79 Å². The van der Waals surface area contributed by atoms with E-state index < -0.39 is 11.9 Å². The number of anilines is 1. The van der Waals surface area contributed by atoms with Crippen LogP contribution < -0.4 is 16.0 Å². The summed E-state index contributed by atoms with van der Waals surface area (Å²) in [7, 11) is 3.39. The van der Waals surface area contributed by atoms with Gasteiger partial charge in [0.15, 0.2) is 0 Å². The van der Waals surface area contributed by atoms with Crippen molar-refractivity contribution in [2.75, 3.05) is 26.0 Å². The topological polar surface area (TPSA) is 90.5 Å². The van der Waals surface area contributed by atoms with Gasteiger partial charge in [0.2, 0.25) is 11.8 Å². The standard InChI is InChI=1S/C20H24N4O3/c1-24(2)19(26)12-16-10-6-7-11-17(16)21-14-18(25)23-20(27)22-13-15-8-4-3-5-9-15/h3-11,21H,12-14H2,1-2H3,(H2,22,23,25,27). The van der Waals surface area contributed by atoms with Crippen LogP contribution in [0.5, 0.6) is 0 Å². The van der Waals surface area contributed by atoms with Crippen molar-refractivity contribution in [3.63, 3.8) is 0 Å². The molecule has 0 aliphatic heterocycles. The normalized spacial score (nSPS) is 10.0. The molecule has 3 N–H and O–H groups in total. The molecular formula is C20H24N4O3. The highest BCUT2D eigenvalue weighted by atomic mass is 16.2. The van der Waals surface area contributed by atoms with Crippen molar-refractivity contribution in [3.8, 4) is 0 Å². The van der Waals surface area contributed by atoms with Crippen molar-refractivity contribution < 1.29 is 14.4 Å². The van der Waals surface area contributed by atoms with Crippen LogP contribution in [0.2, 0.25) is 0 Å². The van der Waals surface area contributed by atoms with Crippen LogP contribution in [0.4, 0.5) is 10.5 Å². The van der Waals surface area contributed by atoms with Gasteiger partial charge in [0, 0.05) is 26.3 Å². The summed E-state index contributed by atoms with van der Waals surface area (Å²) in [5, 5.41) is 7.88. The van der Waals surface area contributed by atoms with Crippen LogP contribution in [-0.2, 0) is 22.6 Å². The highest BCUT2D eigenvalue weighted by Crippen LogP contribution is 2.15. The van der Waals surface area contributed by atoms with Crippen molar-refractivity contribution in [2.24, 2.45) is 0 Å². The number of nitrogens with zero attached hydrogens (tertiary/aromatic N) is 1. The molecule has 27 heavy (non-hydrogen) atoms. The Bertz CT molecular complexity index is 791. The fraction of sp³-hybridized carbons (Fsp3) is 0.250. The Hall–Kier alpha value is -3.35. The lowest BCUT2D eigenvalue weighted by molar-refractivity contribution is -0.128. The van der Waals surface area contributed by atoms with Gasteiger partial charge in [-0.05, 0) is 17.2 Å². The van der Waals surface area contributed by atoms with E-state index in [0.717, 1.165) is 11.1 Å². The number of imide groups is 1. The predicted molar refractivity (Wildman–Crippen MR) is 104 cm³/mol. The number of carbonyl (C=O) groups is 3. The van der Waals surface area contributed by atoms with Gasteiger partial charge in [0.05, 0.1) is 13.0 Å². The molecule has 4 amide bonds. The number of amides is 4. The Morgan fingerprint density at radius 3 is 2.30 bits per heavy atom. The summed E-state index contributed by atoms with van der Waals surface area (Å²) in [6.07, 6.45) is 0.232. The third kappa shape index (κ3) is 6.81. The second-order valence-electron chi connectivity index (χ2n) is 6.19. The summed E-state index contributed by atoms with van der Waals surface area (Å²) >= 11 is 0. The van der Waals surface area contributed by atoms with E-state index in [-0.39, 0.29) is 18.9 Å². The Balaban J connectivity index is 1.81. The lowest BCUT2D eigenvalue weighted by Crippen LogP contribution is -2.41. The second-order valence-corrected chi connectivity index (χ2v) is 6.19. The first kappa shape index (κ1) is 20.0. The molecular weight excluding hydrogens is 344 g/mol. The maximum atomic E-state index is 12.0. The maximum absolute atomic E-state index is 12.0. The molecule has 0 unspecified atom stereocenters. The lowest BCUT2D eigenvalue weighted by Gasteiger charge is -2.14. The molecule has 7 heteroatoms. The Morgan fingerprint density at radius 1 is 0.926 bits per heavy atom. The van der Waals surface area contributed by atoms with Crippen LogP contribution in [0.3, 0.4) is 0 Å². The zero-order chi connectivity index (χ0) is 19.6. The maximum Gasteiger partial charge on any atom is 0.321 e. The van der Waals surface area contributed by atoms with E-state index in [1.165, 1.54) is 4.90 Å². The fourth-order valence-corrected chi connectivity index (χ4v) is 2.34. The molecule has 0 bridgehead atoms. The van der Waals surface area contributed by atoms with E-state index in [1.54, 1.807) is 20.2 Å². The Morgan fingerprint density at radius 2 is 1.59 bits per heavy atom. The molecule has 0 aliphatic carbocycles. The molecule has 7 nitrogen and oxygen atoms in total. The van der Waals surface area contributed by atoms with E-state index in [2.05, 4.69) is 16.0 Å². The van der Waals surface area contributed by atoms with E-state index in [9.17, 15) is 14.4 Å². The van der Waals surface area contributed by atoms with E-state index in [0.29, 0.717) is 12.2 Å².